The first-order chi connectivity index (χ1) is 6.18. The van der Waals surface area contributed by atoms with Crippen LogP contribution in [0.2, 0.25) is 0 Å². The first-order valence-electron chi connectivity index (χ1n) is 3.99. The molecule has 1 heterocycles. The number of rotatable bonds is 0. The summed E-state index contributed by atoms with van der Waals surface area (Å²) in [7, 11) is 0. The van der Waals surface area contributed by atoms with E-state index in [2.05, 4.69) is 0 Å². The maximum Gasteiger partial charge on any atom is 0.131 e. The molecule has 2 rings (SSSR count). The Morgan fingerprint density at radius 1 is 1.38 bits per heavy atom. The molecule has 0 saturated carbocycles. The lowest BCUT2D eigenvalue weighted by molar-refractivity contribution is 0.0903. The van der Waals surface area contributed by atoms with Gasteiger partial charge in [0.15, 0.2) is 0 Å². The molecule has 2 N–H and O–H groups in total. The van der Waals surface area contributed by atoms with E-state index in [4.69, 9.17) is 10.5 Å². The van der Waals surface area contributed by atoms with Crippen LogP contribution in [0.4, 0.5) is 8.78 Å². The van der Waals surface area contributed by atoms with Crippen LogP contribution in [0.25, 0.3) is 0 Å². The lowest BCUT2D eigenvalue weighted by atomic mass is 9.99. The third-order valence-corrected chi connectivity index (χ3v) is 2.11. The number of halogens is 2. The van der Waals surface area contributed by atoms with E-state index in [0.29, 0.717) is 11.1 Å². The Labute approximate surface area is 74.3 Å². The minimum absolute atomic E-state index is 0.234. The second-order valence-electron chi connectivity index (χ2n) is 3.08. The normalized spacial score (nSPS) is 21.3. The third kappa shape index (κ3) is 1.43. The van der Waals surface area contributed by atoms with E-state index in [1.807, 2.05) is 0 Å². The highest BCUT2D eigenvalue weighted by Crippen LogP contribution is 2.26. The van der Waals surface area contributed by atoms with Crippen molar-refractivity contribution in [3.63, 3.8) is 0 Å². The summed E-state index contributed by atoms with van der Waals surface area (Å²) in [5, 5.41) is 0. The van der Waals surface area contributed by atoms with Crippen LogP contribution in [0.3, 0.4) is 0 Å². The molecule has 0 fully saturated rings. The first kappa shape index (κ1) is 8.59. The maximum atomic E-state index is 13.2. The van der Waals surface area contributed by atoms with E-state index in [-0.39, 0.29) is 13.2 Å². The quantitative estimate of drug-likeness (QED) is 0.664. The van der Waals surface area contributed by atoms with E-state index in [1.54, 1.807) is 0 Å². The number of fused-ring (bicyclic) bond motifs is 1. The molecule has 70 valence electrons. The van der Waals surface area contributed by atoms with E-state index >= 15 is 0 Å². The molecule has 0 aromatic heterocycles. The average Bonchev–Trinajstić information content (AvgIpc) is 2.02. The number of hydrogen-bond donors (Lipinski definition) is 1. The molecule has 13 heavy (non-hydrogen) atoms. The number of hydrogen-bond acceptors (Lipinski definition) is 2. The molecule has 0 saturated heterocycles. The van der Waals surface area contributed by atoms with Gasteiger partial charge in [0.1, 0.15) is 11.6 Å². The molecule has 1 unspecified atom stereocenters. The summed E-state index contributed by atoms with van der Waals surface area (Å²) in [5.41, 5.74) is 6.50. The number of ether oxygens (including phenoxy) is 1. The van der Waals surface area contributed by atoms with E-state index in [9.17, 15) is 8.78 Å². The van der Waals surface area contributed by atoms with Gasteiger partial charge < -0.3 is 10.5 Å². The summed E-state index contributed by atoms with van der Waals surface area (Å²) < 4.78 is 31.0. The largest absolute Gasteiger partial charge is 0.375 e. The fourth-order valence-corrected chi connectivity index (χ4v) is 1.55. The van der Waals surface area contributed by atoms with Gasteiger partial charge in [-0.25, -0.2) is 8.78 Å². The molecular weight excluding hydrogens is 176 g/mol. The van der Waals surface area contributed by atoms with Crippen molar-refractivity contribution in [3.8, 4) is 0 Å². The summed E-state index contributed by atoms with van der Waals surface area (Å²) in [4.78, 5) is 0. The molecule has 1 aliphatic heterocycles. The van der Waals surface area contributed by atoms with Gasteiger partial charge in [-0.3, -0.25) is 0 Å². The topological polar surface area (TPSA) is 35.2 Å². The van der Waals surface area contributed by atoms with Gasteiger partial charge in [0.25, 0.3) is 0 Å². The highest BCUT2D eigenvalue weighted by Gasteiger charge is 2.21. The minimum Gasteiger partial charge on any atom is -0.375 e. The number of nitrogens with two attached hydrogens (primary N) is 1. The van der Waals surface area contributed by atoms with Crippen molar-refractivity contribution in [2.45, 2.75) is 12.6 Å². The Balaban J connectivity index is 2.56. The molecular formula is C9H9F2NO. The van der Waals surface area contributed by atoms with Crippen molar-refractivity contribution in [1.82, 2.24) is 0 Å². The van der Waals surface area contributed by atoms with Crippen molar-refractivity contribution in [2.75, 3.05) is 6.61 Å². The van der Waals surface area contributed by atoms with Gasteiger partial charge >= 0.3 is 0 Å². The van der Waals surface area contributed by atoms with Crippen molar-refractivity contribution in [3.05, 3.63) is 34.9 Å². The van der Waals surface area contributed by atoms with E-state index in [1.165, 1.54) is 6.07 Å². The molecule has 4 heteroatoms. The Morgan fingerprint density at radius 3 is 2.92 bits per heavy atom. The van der Waals surface area contributed by atoms with Crippen LogP contribution in [-0.2, 0) is 11.3 Å². The summed E-state index contributed by atoms with van der Waals surface area (Å²) in [6.07, 6.45) is 0. The summed E-state index contributed by atoms with van der Waals surface area (Å²) in [6.45, 7) is 0.521. The monoisotopic (exact) mass is 185 g/mol. The standard InChI is InChI=1S/C9H9F2NO/c10-6-1-5-3-13-4-8(12)9(5)7(11)2-6/h1-2,8H,3-4,12H2. The predicted molar refractivity (Wildman–Crippen MR) is 42.9 cm³/mol. The Bertz CT molecular complexity index is 341. The molecule has 0 bridgehead atoms. The summed E-state index contributed by atoms with van der Waals surface area (Å²) >= 11 is 0. The van der Waals surface area contributed by atoms with E-state index < -0.39 is 17.7 Å². The lowest BCUT2D eigenvalue weighted by Crippen LogP contribution is -2.25. The molecule has 1 aromatic rings. The molecule has 1 atom stereocenters. The average molecular weight is 185 g/mol. The van der Waals surface area contributed by atoms with Crippen molar-refractivity contribution in [1.29, 1.82) is 0 Å². The smallest absolute Gasteiger partial charge is 0.131 e. The fourth-order valence-electron chi connectivity index (χ4n) is 1.55. The van der Waals surface area contributed by atoms with Crippen LogP contribution in [0, 0.1) is 11.6 Å². The zero-order valence-electron chi connectivity index (χ0n) is 6.89. The van der Waals surface area contributed by atoms with Crippen LogP contribution in [-0.4, -0.2) is 6.61 Å². The van der Waals surface area contributed by atoms with Crippen LogP contribution < -0.4 is 5.73 Å². The van der Waals surface area contributed by atoms with Crippen LogP contribution in [0.15, 0.2) is 12.1 Å². The van der Waals surface area contributed by atoms with Crippen LogP contribution in [0.1, 0.15) is 17.2 Å². The van der Waals surface area contributed by atoms with Gasteiger partial charge in [0.2, 0.25) is 0 Å². The maximum absolute atomic E-state index is 13.2. The van der Waals surface area contributed by atoms with Gasteiger partial charge in [-0.1, -0.05) is 0 Å². The van der Waals surface area contributed by atoms with Gasteiger partial charge in [0.05, 0.1) is 19.3 Å². The third-order valence-electron chi connectivity index (χ3n) is 2.11. The zero-order valence-corrected chi connectivity index (χ0v) is 6.89. The Morgan fingerprint density at radius 2 is 2.15 bits per heavy atom. The lowest BCUT2D eigenvalue weighted by Gasteiger charge is -2.22. The zero-order chi connectivity index (χ0) is 9.42. The van der Waals surface area contributed by atoms with E-state index in [0.717, 1.165) is 6.07 Å². The van der Waals surface area contributed by atoms with Gasteiger partial charge in [-0.05, 0) is 11.6 Å². The first-order valence-corrected chi connectivity index (χ1v) is 3.99. The second-order valence-corrected chi connectivity index (χ2v) is 3.08. The number of benzene rings is 1. The molecule has 0 radical (unpaired) electrons. The predicted octanol–water partition coefficient (Wildman–Crippen LogP) is 1.49. The van der Waals surface area contributed by atoms with Crippen molar-refractivity contribution in [2.24, 2.45) is 5.73 Å². The fraction of sp³-hybridized carbons (Fsp3) is 0.333. The van der Waals surface area contributed by atoms with Crippen LogP contribution >= 0.6 is 0 Å². The van der Waals surface area contributed by atoms with Gasteiger partial charge in [0, 0.05) is 11.6 Å². The van der Waals surface area contributed by atoms with Crippen molar-refractivity contribution < 1.29 is 13.5 Å². The summed E-state index contributed by atoms with van der Waals surface area (Å²) in [6, 6.07) is 1.63. The Kier molecular flexibility index (Phi) is 2.01. The highest BCUT2D eigenvalue weighted by atomic mass is 19.1. The Hall–Kier alpha value is -1.00. The highest BCUT2D eigenvalue weighted by molar-refractivity contribution is 5.32. The molecule has 0 spiro atoms. The molecule has 0 amide bonds. The summed E-state index contributed by atoms with van der Waals surface area (Å²) in [5.74, 6) is -1.17. The molecule has 2 nitrogen and oxygen atoms in total. The SMILES string of the molecule is NC1COCc2cc(F)cc(F)c21. The van der Waals surface area contributed by atoms with Crippen LogP contribution in [0.5, 0.6) is 0 Å². The van der Waals surface area contributed by atoms with Gasteiger partial charge in [-0.2, -0.15) is 0 Å². The minimum atomic E-state index is -0.589. The second kappa shape index (κ2) is 3.05. The molecule has 0 aliphatic carbocycles. The van der Waals surface area contributed by atoms with Gasteiger partial charge in [-0.15, -0.1) is 0 Å². The van der Waals surface area contributed by atoms with Crippen molar-refractivity contribution >= 4 is 0 Å². The molecule has 1 aromatic carbocycles. The molecule has 1 aliphatic rings.